The third kappa shape index (κ3) is 3.97. The van der Waals surface area contributed by atoms with Crippen LogP contribution in [0.3, 0.4) is 0 Å². The summed E-state index contributed by atoms with van der Waals surface area (Å²) in [7, 11) is 3.68. The Labute approximate surface area is 152 Å². The van der Waals surface area contributed by atoms with Crippen LogP contribution in [-0.2, 0) is 0 Å². The van der Waals surface area contributed by atoms with Gasteiger partial charge in [-0.3, -0.25) is 4.79 Å². The van der Waals surface area contributed by atoms with E-state index < -0.39 is 0 Å². The molecule has 2 aromatic carbocycles. The van der Waals surface area contributed by atoms with Crippen LogP contribution in [0.5, 0.6) is 0 Å². The zero-order chi connectivity index (χ0) is 18.5. The highest BCUT2D eigenvalue weighted by atomic mass is 16.5. The van der Waals surface area contributed by atoms with Crippen LogP contribution in [0.4, 0.5) is 0 Å². The lowest BCUT2D eigenvalue weighted by Crippen LogP contribution is -2.32. The van der Waals surface area contributed by atoms with Crippen LogP contribution in [0.1, 0.15) is 16.2 Å². The Balaban J connectivity index is 1.87. The number of carbonyl (C=O) groups excluding carboxylic acids is 1. The molecule has 1 heterocycles. The molecule has 0 unspecified atom stereocenters. The molecule has 0 fully saturated rings. The van der Waals surface area contributed by atoms with E-state index in [4.69, 9.17) is 4.52 Å². The number of carbonyl (C=O) groups is 1. The molecule has 1 aromatic heterocycles. The third-order valence-electron chi connectivity index (χ3n) is 4.14. The van der Waals surface area contributed by atoms with Crippen LogP contribution in [0, 0.1) is 6.92 Å². The van der Waals surface area contributed by atoms with Crippen LogP contribution >= 0.6 is 0 Å². The van der Waals surface area contributed by atoms with Crippen molar-refractivity contribution in [1.29, 1.82) is 0 Å². The topological polar surface area (TPSA) is 71.3 Å². The maximum absolute atomic E-state index is 12.6. The number of hydrogen-bond donors (Lipinski definition) is 1. The molecule has 6 heteroatoms. The van der Waals surface area contributed by atoms with Gasteiger partial charge in [0.25, 0.3) is 5.91 Å². The lowest BCUT2D eigenvalue weighted by Gasteiger charge is -2.17. The van der Waals surface area contributed by atoms with Crippen LogP contribution < -0.4 is 5.32 Å². The largest absolute Gasteiger partial charge is 0.340 e. The van der Waals surface area contributed by atoms with Crippen molar-refractivity contribution in [2.75, 3.05) is 27.2 Å². The maximum atomic E-state index is 12.6. The molecule has 6 nitrogen and oxygen atoms in total. The summed E-state index contributed by atoms with van der Waals surface area (Å²) in [5.74, 6) is 1.10. The third-order valence-corrected chi connectivity index (χ3v) is 4.14. The second kappa shape index (κ2) is 7.93. The molecular weight excluding hydrogens is 328 g/mol. The van der Waals surface area contributed by atoms with Crippen LogP contribution in [0.25, 0.3) is 22.5 Å². The molecule has 0 saturated carbocycles. The molecule has 1 N–H and O–H groups in total. The quantitative estimate of drug-likeness (QED) is 0.740. The lowest BCUT2D eigenvalue weighted by molar-refractivity contribution is 0.0797. The van der Waals surface area contributed by atoms with Crippen molar-refractivity contribution in [1.82, 2.24) is 20.4 Å². The van der Waals surface area contributed by atoms with Gasteiger partial charge in [0.05, 0.1) is 0 Å². The number of nitrogens with zero attached hydrogens (tertiary/aromatic N) is 3. The number of benzene rings is 2. The second-order valence-corrected chi connectivity index (χ2v) is 6.13. The molecule has 0 aliphatic heterocycles. The van der Waals surface area contributed by atoms with Gasteiger partial charge in [-0.2, -0.15) is 4.98 Å². The minimum absolute atomic E-state index is 0.00653. The maximum Gasteiger partial charge on any atom is 0.253 e. The van der Waals surface area contributed by atoms with Gasteiger partial charge >= 0.3 is 0 Å². The molecule has 1 amide bonds. The van der Waals surface area contributed by atoms with E-state index in [2.05, 4.69) is 15.5 Å². The van der Waals surface area contributed by atoms with Crippen LogP contribution in [0.15, 0.2) is 53.1 Å². The van der Waals surface area contributed by atoms with Gasteiger partial charge in [-0.1, -0.05) is 35.5 Å². The second-order valence-electron chi connectivity index (χ2n) is 6.13. The molecule has 0 aliphatic rings. The summed E-state index contributed by atoms with van der Waals surface area (Å²) in [6.45, 7) is 3.18. The number of hydrogen-bond acceptors (Lipinski definition) is 5. The van der Waals surface area contributed by atoms with E-state index in [1.54, 1.807) is 11.8 Å². The molecule has 3 rings (SSSR count). The highest BCUT2D eigenvalue weighted by molar-refractivity contribution is 5.95. The average molecular weight is 350 g/mol. The first kappa shape index (κ1) is 17.8. The molecule has 0 saturated heterocycles. The van der Waals surface area contributed by atoms with E-state index in [0.29, 0.717) is 23.8 Å². The SMILES string of the molecule is CNCCN(C)C(=O)c1cccc(-c2cccc(-c3noc(C)n3)c2)c1. The Morgan fingerprint density at radius 2 is 1.81 bits per heavy atom. The molecule has 0 aliphatic carbocycles. The van der Waals surface area contributed by atoms with Crippen molar-refractivity contribution in [2.24, 2.45) is 0 Å². The van der Waals surface area contributed by atoms with Crippen molar-refractivity contribution in [3.63, 3.8) is 0 Å². The van der Waals surface area contributed by atoms with E-state index in [0.717, 1.165) is 23.2 Å². The number of likely N-dealkylation sites (N-methyl/N-ethyl adjacent to an activating group) is 2. The van der Waals surface area contributed by atoms with E-state index in [-0.39, 0.29) is 5.91 Å². The number of rotatable bonds is 6. The summed E-state index contributed by atoms with van der Waals surface area (Å²) in [5, 5.41) is 7.02. The fourth-order valence-corrected chi connectivity index (χ4v) is 2.69. The van der Waals surface area contributed by atoms with Gasteiger partial charge in [0, 0.05) is 38.2 Å². The summed E-state index contributed by atoms with van der Waals surface area (Å²) in [4.78, 5) is 18.6. The van der Waals surface area contributed by atoms with Crippen molar-refractivity contribution in [2.45, 2.75) is 6.92 Å². The first-order valence-corrected chi connectivity index (χ1v) is 8.49. The van der Waals surface area contributed by atoms with Gasteiger partial charge in [0.2, 0.25) is 11.7 Å². The smallest absolute Gasteiger partial charge is 0.253 e. The normalized spacial score (nSPS) is 10.7. The Morgan fingerprint density at radius 1 is 1.12 bits per heavy atom. The van der Waals surface area contributed by atoms with E-state index in [1.807, 2.05) is 62.6 Å². The molecule has 0 atom stereocenters. The number of nitrogens with one attached hydrogen (secondary N) is 1. The summed E-state index contributed by atoms with van der Waals surface area (Å²) < 4.78 is 5.06. The highest BCUT2D eigenvalue weighted by Crippen LogP contribution is 2.25. The lowest BCUT2D eigenvalue weighted by atomic mass is 10.0. The van der Waals surface area contributed by atoms with Gasteiger partial charge in [-0.15, -0.1) is 0 Å². The number of amides is 1. The molecule has 0 spiro atoms. The van der Waals surface area contributed by atoms with E-state index in [9.17, 15) is 4.79 Å². The van der Waals surface area contributed by atoms with Gasteiger partial charge in [0.15, 0.2) is 0 Å². The number of aryl methyl sites for hydroxylation is 1. The summed E-state index contributed by atoms with van der Waals surface area (Å²) in [6.07, 6.45) is 0. The first-order valence-electron chi connectivity index (χ1n) is 8.49. The average Bonchev–Trinajstić information content (AvgIpc) is 3.12. The summed E-state index contributed by atoms with van der Waals surface area (Å²) in [6, 6.07) is 15.5. The van der Waals surface area contributed by atoms with Crippen molar-refractivity contribution in [3.8, 4) is 22.5 Å². The highest BCUT2D eigenvalue weighted by Gasteiger charge is 2.13. The Morgan fingerprint density at radius 3 is 2.50 bits per heavy atom. The minimum Gasteiger partial charge on any atom is -0.340 e. The zero-order valence-electron chi connectivity index (χ0n) is 15.2. The first-order chi connectivity index (χ1) is 12.6. The summed E-state index contributed by atoms with van der Waals surface area (Å²) >= 11 is 0. The van der Waals surface area contributed by atoms with E-state index >= 15 is 0 Å². The zero-order valence-corrected chi connectivity index (χ0v) is 15.2. The minimum atomic E-state index is 0.00653. The molecule has 3 aromatic rings. The predicted octanol–water partition coefficient (Wildman–Crippen LogP) is 3.00. The molecule has 0 radical (unpaired) electrons. The molecule has 134 valence electrons. The molecular formula is C20H22N4O2. The Hall–Kier alpha value is -2.99. The fourth-order valence-electron chi connectivity index (χ4n) is 2.69. The predicted molar refractivity (Wildman–Crippen MR) is 101 cm³/mol. The standard InChI is InChI=1S/C20H22N4O2/c1-14-22-19(23-26-14)17-8-4-6-15(12-17)16-7-5-9-18(13-16)20(25)24(3)11-10-21-2/h4-9,12-13,21H,10-11H2,1-3H3. The van der Waals surface area contributed by atoms with Crippen LogP contribution in [0.2, 0.25) is 0 Å². The van der Waals surface area contributed by atoms with Gasteiger partial charge in [0.1, 0.15) is 0 Å². The van der Waals surface area contributed by atoms with Gasteiger partial charge in [-0.25, -0.2) is 0 Å². The van der Waals surface area contributed by atoms with E-state index in [1.165, 1.54) is 0 Å². The van der Waals surface area contributed by atoms with Gasteiger partial charge < -0.3 is 14.7 Å². The number of aromatic nitrogens is 2. The van der Waals surface area contributed by atoms with Crippen molar-refractivity contribution >= 4 is 5.91 Å². The fraction of sp³-hybridized carbons (Fsp3) is 0.250. The summed E-state index contributed by atoms with van der Waals surface area (Å²) in [5.41, 5.74) is 3.52. The Bertz CT molecular complexity index is 904. The van der Waals surface area contributed by atoms with Crippen molar-refractivity contribution in [3.05, 3.63) is 60.0 Å². The molecule has 26 heavy (non-hydrogen) atoms. The van der Waals surface area contributed by atoms with Crippen LogP contribution in [-0.4, -0.2) is 48.1 Å². The Kier molecular flexibility index (Phi) is 5.43. The van der Waals surface area contributed by atoms with Crippen molar-refractivity contribution < 1.29 is 9.32 Å². The van der Waals surface area contributed by atoms with Gasteiger partial charge in [-0.05, 0) is 36.4 Å². The monoisotopic (exact) mass is 350 g/mol. The molecule has 0 bridgehead atoms.